The van der Waals surface area contributed by atoms with Crippen LogP contribution < -0.4 is 0 Å². The highest BCUT2D eigenvalue weighted by molar-refractivity contribution is 7.86. The lowest BCUT2D eigenvalue weighted by Gasteiger charge is -2.21. The second-order valence-electron chi connectivity index (χ2n) is 1.67. The molecule has 1 unspecified atom stereocenters. The molecule has 0 saturated carbocycles. The minimum absolute atomic E-state index is 1.71. The number of aliphatic hydroxyl groups is 1. The van der Waals surface area contributed by atoms with Crippen LogP contribution in [0.5, 0.6) is 0 Å². The van der Waals surface area contributed by atoms with Crippen molar-refractivity contribution in [2.75, 3.05) is 6.61 Å². The smallest absolute Gasteiger partial charge is 0.367 e. The second kappa shape index (κ2) is 2.95. The number of rotatable bonds is 3. The molecular formula is C3H4F3O4S-. The van der Waals surface area contributed by atoms with Crippen LogP contribution in [0.3, 0.4) is 0 Å². The third kappa shape index (κ3) is 2.04. The Bertz CT molecular complexity index is 223. The van der Waals surface area contributed by atoms with Crippen LogP contribution in [0.2, 0.25) is 0 Å². The van der Waals surface area contributed by atoms with E-state index in [-0.39, 0.29) is 0 Å². The summed E-state index contributed by atoms with van der Waals surface area (Å²) in [7, 11) is -6.03. The zero-order valence-electron chi connectivity index (χ0n) is 5.00. The summed E-state index contributed by atoms with van der Waals surface area (Å²) in [5, 5.41) is 2.72. The van der Waals surface area contributed by atoms with Gasteiger partial charge in [0.05, 0.1) is 6.61 Å². The number of alkyl halides is 3. The standard InChI is InChI=1S/C3H5F3O4S/c4-2(1-7)3(5,6)11(8,9)10/h2,7H,1H2,(H,8,9,10)/p-1. The van der Waals surface area contributed by atoms with Crippen LogP contribution in [0.15, 0.2) is 0 Å². The topological polar surface area (TPSA) is 77.4 Å². The van der Waals surface area contributed by atoms with Crippen LogP contribution in [0.4, 0.5) is 13.2 Å². The molecule has 0 fully saturated rings. The Morgan fingerprint density at radius 1 is 1.55 bits per heavy atom. The molecule has 1 N–H and O–H groups in total. The molecule has 0 aliphatic rings. The van der Waals surface area contributed by atoms with Crippen LogP contribution in [0, 0.1) is 0 Å². The average Bonchev–Trinajstić information content (AvgIpc) is 1.83. The summed E-state index contributed by atoms with van der Waals surface area (Å²) in [6.45, 7) is -1.71. The molecule has 0 bridgehead atoms. The van der Waals surface area contributed by atoms with Crippen molar-refractivity contribution in [3.63, 3.8) is 0 Å². The van der Waals surface area contributed by atoms with Gasteiger partial charge in [0.15, 0.2) is 16.3 Å². The normalized spacial score (nSPS) is 16.5. The van der Waals surface area contributed by atoms with Crippen molar-refractivity contribution in [1.82, 2.24) is 0 Å². The maximum atomic E-state index is 11.9. The first-order chi connectivity index (χ1) is 4.73. The quantitative estimate of drug-likeness (QED) is 0.610. The summed E-state index contributed by atoms with van der Waals surface area (Å²) in [6, 6.07) is 0. The Morgan fingerprint density at radius 2 is 1.91 bits per heavy atom. The van der Waals surface area contributed by atoms with Crippen LogP contribution in [-0.2, 0) is 10.1 Å². The van der Waals surface area contributed by atoms with E-state index in [1.807, 2.05) is 0 Å². The van der Waals surface area contributed by atoms with E-state index in [0.717, 1.165) is 0 Å². The summed E-state index contributed by atoms with van der Waals surface area (Å²) in [5.41, 5.74) is 0. The van der Waals surface area contributed by atoms with Crippen molar-refractivity contribution in [3.05, 3.63) is 0 Å². The highest BCUT2D eigenvalue weighted by Gasteiger charge is 2.46. The van der Waals surface area contributed by atoms with Gasteiger partial charge in [0.1, 0.15) is 0 Å². The van der Waals surface area contributed by atoms with E-state index >= 15 is 0 Å². The Balaban J connectivity index is 4.74. The molecular weight excluding hydrogens is 189 g/mol. The minimum Gasteiger partial charge on any atom is -0.743 e. The van der Waals surface area contributed by atoms with E-state index in [0.29, 0.717) is 0 Å². The van der Waals surface area contributed by atoms with Gasteiger partial charge in [-0.1, -0.05) is 0 Å². The van der Waals surface area contributed by atoms with Gasteiger partial charge >= 0.3 is 5.25 Å². The molecule has 0 rings (SSSR count). The van der Waals surface area contributed by atoms with E-state index in [1.165, 1.54) is 0 Å². The van der Waals surface area contributed by atoms with Gasteiger partial charge in [-0.25, -0.2) is 12.8 Å². The maximum Gasteiger partial charge on any atom is 0.367 e. The number of aliphatic hydroxyl groups excluding tert-OH is 1. The minimum atomic E-state index is -6.03. The first kappa shape index (κ1) is 10.7. The number of halogens is 3. The van der Waals surface area contributed by atoms with Crippen LogP contribution >= 0.6 is 0 Å². The molecule has 1 atom stereocenters. The fraction of sp³-hybridized carbons (Fsp3) is 1.00. The lowest BCUT2D eigenvalue weighted by molar-refractivity contribution is -0.0273. The van der Waals surface area contributed by atoms with Gasteiger partial charge in [-0.05, 0) is 0 Å². The van der Waals surface area contributed by atoms with Gasteiger partial charge in [-0.2, -0.15) is 8.78 Å². The van der Waals surface area contributed by atoms with Gasteiger partial charge < -0.3 is 9.66 Å². The highest BCUT2D eigenvalue weighted by Crippen LogP contribution is 2.26. The Labute approximate surface area is 60.4 Å². The zero-order chi connectivity index (χ0) is 9.28. The van der Waals surface area contributed by atoms with Gasteiger partial charge in [0, 0.05) is 0 Å². The van der Waals surface area contributed by atoms with Gasteiger partial charge in [0.25, 0.3) is 0 Å². The van der Waals surface area contributed by atoms with Gasteiger partial charge in [-0.15, -0.1) is 0 Å². The van der Waals surface area contributed by atoms with E-state index < -0.39 is 28.2 Å². The predicted octanol–water partition coefficient (Wildman–Crippen LogP) is -0.545. The van der Waals surface area contributed by atoms with Crippen molar-refractivity contribution in [3.8, 4) is 0 Å². The predicted molar refractivity (Wildman–Crippen MR) is 26.6 cm³/mol. The molecule has 0 aliphatic carbocycles. The molecule has 0 aromatic carbocycles. The third-order valence-corrected chi connectivity index (χ3v) is 1.78. The highest BCUT2D eigenvalue weighted by atomic mass is 32.2. The SMILES string of the molecule is O=S(=O)([O-])C(F)(F)C(F)CO. The molecule has 11 heavy (non-hydrogen) atoms. The van der Waals surface area contributed by atoms with Crippen LogP contribution in [-0.4, -0.2) is 36.1 Å². The van der Waals surface area contributed by atoms with Crippen molar-refractivity contribution in [1.29, 1.82) is 0 Å². The van der Waals surface area contributed by atoms with E-state index in [1.54, 1.807) is 0 Å². The third-order valence-electron chi connectivity index (χ3n) is 0.858. The summed E-state index contributed by atoms with van der Waals surface area (Å²) < 4.78 is 64.4. The molecule has 0 radical (unpaired) electrons. The largest absolute Gasteiger partial charge is 0.743 e. The summed E-state index contributed by atoms with van der Waals surface area (Å²) >= 11 is 0. The first-order valence-electron chi connectivity index (χ1n) is 2.31. The number of hydrogen-bond donors (Lipinski definition) is 1. The zero-order valence-corrected chi connectivity index (χ0v) is 5.82. The van der Waals surface area contributed by atoms with E-state index in [2.05, 4.69) is 0 Å². The van der Waals surface area contributed by atoms with Crippen molar-refractivity contribution in [2.24, 2.45) is 0 Å². The Hall–Kier alpha value is -0.340. The van der Waals surface area contributed by atoms with E-state index in [9.17, 15) is 26.1 Å². The molecule has 0 spiro atoms. The molecule has 0 aliphatic heterocycles. The van der Waals surface area contributed by atoms with Crippen molar-refractivity contribution < 1.29 is 31.2 Å². The molecule has 4 nitrogen and oxygen atoms in total. The molecule has 68 valence electrons. The van der Waals surface area contributed by atoms with Crippen LogP contribution in [0.25, 0.3) is 0 Å². The van der Waals surface area contributed by atoms with Gasteiger partial charge in [-0.3, -0.25) is 0 Å². The van der Waals surface area contributed by atoms with Gasteiger partial charge in [0.2, 0.25) is 0 Å². The summed E-state index contributed by atoms with van der Waals surface area (Å²) in [4.78, 5) is 0. The monoisotopic (exact) mass is 193 g/mol. The summed E-state index contributed by atoms with van der Waals surface area (Å²) in [6.07, 6.45) is -3.37. The maximum absolute atomic E-state index is 11.9. The summed E-state index contributed by atoms with van der Waals surface area (Å²) in [5.74, 6) is 0. The Kier molecular flexibility index (Phi) is 2.86. The second-order valence-corrected chi connectivity index (χ2v) is 3.12. The van der Waals surface area contributed by atoms with Crippen molar-refractivity contribution >= 4 is 10.1 Å². The molecule has 0 aromatic rings. The molecule has 8 heteroatoms. The Morgan fingerprint density at radius 3 is 2.00 bits per heavy atom. The van der Waals surface area contributed by atoms with Crippen LogP contribution in [0.1, 0.15) is 0 Å². The lowest BCUT2D eigenvalue weighted by Crippen LogP contribution is -2.40. The van der Waals surface area contributed by atoms with Crippen molar-refractivity contribution in [2.45, 2.75) is 11.4 Å². The first-order valence-corrected chi connectivity index (χ1v) is 3.72. The van der Waals surface area contributed by atoms with E-state index in [4.69, 9.17) is 5.11 Å². The molecule has 0 aromatic heterocycles. The fourth-order valence-electron chi connectivity index (χ4n) is 0.263. The molecule has 0 amide bonds. The fourth-order valence-corrected chi connectivity index (χ4v) is 0.651. The lowest BCUT2D eigenvalue weighted by atomic mass is 10.4. The number of hydrogen-bond acceptors (Lipinski definition) is 4. The average molecular weight is 193 g/mol. The molecule has 0 heterocycles. The molecule has 0 saturated heterocycles.